The minimum absolute atomic E-state index is 0.0484. The monoisotopic (exact) mass is 302 g/mol. The summed E-state index contributed by atoms with van der Waals surface area (Å²) in [6.07, 6.45) is 1.76. The average molecular weight is 302 g/mol. The van der Waals surface area contributed by atoms with E-state index in [4.69, 9.17) is 14.3 Å². The van der Waals surface area contributed by atoms with Gasteiger partial charge in [0.15, 0.2) is 6.23 Å². The molecular weight excluding hydrogens is 288 g/mol. The molecule has 114 valence electrons. The molecule has 4 heterocycles. The van der Waals surface area contributed by atoms with Crippen LogP contribution < -0.4 is 9.47 Å². The molecule has 0 N–H and O–H groups in total. The molecule has 1 aromatic carbocycles. The molecule has 22 heavy (non-hydrogen) atoms. The molecule has 1 aromatic rings. The Morgan fingerprint density at radius 1 is 0.955 bits per heavy atom. The van der Waals surface area contributed by atoms with E-state index in [1.165, 1.54) is 5.06 Å². The molecule has 4 aliphatic rings. The number of hydrogen-bond donors (Lipinski definition) is 0. The van der Waals surface area contributed by atoms with E-state index in [0.717, 1.165) is 12.8 Å². The van der Waals surface area contributed by atoms with Crippen molar-refractivity contribution in [1.82, 2.24) is 9.96 Å². The van der Waals surface area contributed by atoms with E-state index in [-0.39, 0.29) is 18.0 Å². The van der Waals surface area contributed by atoms with E-state index >= 15 is 0 Å². The van der Waals surface area contributed by atoms with Crippen molar-refractivity contribution in [1.29, 1.82) is 0 Å². The van der Waals surface area contributed by atoms with Gasteiger partial charge in [-0.05, 0) is 18.6 Å². The molecule has 0 spiro atoms. The maximum Gasteiger partial charge on any atom is 0.284 e. The second kappa shape index (κ2) is 4.13. The van der Waals surface area contributed by atoms with Gasteiger partial charge in [-0.1, -0.05) is 0 Å². The second-order valence-corrected chi connectivity index (χ2v) is 5.88. The molecule has 2 fully saturated rings. The third-order valence-electron chi connectivity index (χ3n) is 4.58. The van der Waals surface area contributed by atoms with E-state index in [1.54, 1.807) is 17.0 Å². The third kappa shape index (κ3) is 1.49. The average Bonchev–Trinajstić information content (AvgIpc) is 3.15. The fraction of sp³-hybridized carbons (Fsp3) is 0.467. The van der Waals surface area contributed by atoms with Crippen LogP contribution in [0.25, 0.3) is 0 Å². The first-order valence-electron chi connectivity index (χ1n) is 7.51. The lowest BCUT2D eigenvalue weighted by Gasteiger charge is -2.34. The maximum absolute atomic E-state index is 12.6. The zero-order chi connectivity index (χ0) is 14.8. The van der Waals surface area contributed by atoms with E-state index in [1.807, 2.05) is 0 Å². The minimum Gasteiger partial charge on any atom is -0.470 e. The van der Waals surface area contributed by atoms with Crippen molar-refractivity contribution in [3.63, 3.8) is 0 Å². The van der Waals surface area contributed by atoms with Gasteiger partial charge in [-0.15, -0.1) is 0 Å². The van der Waals surface area contributed by atoms with Gasteiger partial charge in [0.2, 0.25) is 6.23 Å². The molecule has 0 radical (unpaired) electrons. The summed E-state index contributed by atoms with van der Waals surface area (Å²) in [4.78, 5) is 32.1. The zero-order valence-electron chi connectivity index (χ0n) is 11.8. The Bertz CT molecular complexity index is 644. The minimum atomic E-state index is -0.405. The van der Waals surface area contributed by atoms with Crippen LogP contribution in [-0.4, -0.2) is 47.4 Å². The summed E-state index contributed by atoms with van der Waals surface area (Å²) in [6.45, 7) is 1.17. The van der Waals surface area contributed by atoms with Gasteiger partial charge in [-0.2, -0.15) is 5.06 Å². The van der Waals surface area contributed by atoms with Crippen molar-refractivity contribution >= 4 is 11.8 Å². The van der Waals surface area contributed by atoms with Crippen LogP contribution >= 0.6 is 0 Å². The Labute approximate surface area is 126 Å². The Morgan fingerprint density at radius 2 is 1.68 bits per heavy atom. The number of benzene rings is 1. The summed E-state index contributed by atoms with van der Waals surface area (Å²) in [5.74, 6) is 0.607. The number of hydroxylamine groups is 2. The van der Waals surface area contributed by atoms with Crippen LogP contribution in [0.2, 0.25) is 0 Å². The van der Waals surface area contributed by atoms with Gasteiger partial charge in [0.1, 0.15) is 11.5 Å². The Balaban J connectivity index is 1.61. The fourth-order valence-electron chi connectivity index (χ4n) is 3.50. The first-order chi connectivity index (χ1) is 10.7. The number of rotatable bonds is 0. The van der Waals surface area contributed by atoms with Crippen LogP contribution in [0.15, 0.2) is 12.1 Å². The highest BCUT2D eigenvalue weighted by Gasteiger charge is 2.42. The van der Waals surface area contributed by atoms with Gasteiger partial charge in [0.05, 0.1) is 17.7 Å². The number of nitrogens with zero attached hydrogens (tertiary/aromatic N) is 2. The standard InChI is InChI=1S/C15H14N2O5/c18-14-8-6-11-9(15(19)17-13(22-11)3-5-20-17)7-10(8)21-12-2-1-4-16(12)14/h6-7,12-13H,1-5H2. The predicted octanol–water partition coefficient (Wildman–Crippen LogP) is 1.14. The van der Waals surface area contributed by atoms with Gasteiger partial charge in [0, 0.05) is 19.4 Å². The summed E-state index contributed by atoms with van der Waals surface area (Å²) in [5.41, 5.74) is 0.855. The molecule has 2 amide bonds. The van der Waals surface area contributed by atoms with Crippen LogP contribution in [0.5, 0.6) is 11.5 Å². The van der Waals surface area contributed by atoms with Crippen molar-refractivity contribution in [2.75, 3.05) is 13.2 Å². The summed E-state index contributed by atoms with van der Waals surface area (Å²) in [5, 5.41) is 1.27. The topological polar surface area (TPSA) is 68.3 Å². The number of ether oxygens (including phenoxy) is 2. The summed E-state index contributed by atoms with van der Waals surface area (Å²) in [6, 6.07) is 3.24. The first-order valence-corrected chi connectivity index (χ1v) is 7.51. The summed E-state index contributed by atoms with van der Waals surface area (Å²) >= 11 is 0. The first kappa shape index (κ1) is 12.3. The molecule has 0 aliphatic carbocycles. The summed E-state index contributed by atoms with van der Waals surface area (Å²) in [7, 11) is 0. The summed E-state index contributed by atoms with van der Waals surface area (Å²) < 4.78 is 11.7. The van der Waals surface area contributed by atoms with Gasteiger partial charge < -0.3 is 14.4 Å². The van der Waals surface area contributed by atoms with Crippen molar-refractivity contribution in [3.8, 4) is 11.5 Å². The number of carbonyl (C=O) groups excluding carboxylic acids is 2. The molecule has 7 nitrogen and oxygen atoms in total. The number of carbonyl (C=O) groups is 2. The van der Waals surface area contributed by atoms with Gasteiger partial charge in [0.25, 0.3) is 11.8 Å². The lowest BCUT2D eigenvalue weighted by molar-refractivity contribution is -0.140. The highest BCUT2D eigenvalue weighted by atomic mass is 16.7. The fourth-order valence-corrected chi connectivity index (χ4v) is 3.50. The highest BCUT2D eigenvalue weighted by molar-refractivity contribution is 6.03. The molecule has 0 saturated carbocycles. The van der Waals surface area contributed by atoms with Crippen LogP contribution in [0, 0.1) is 0 Å². The van der Waals surface area contributed by atoms with E-state index < -0.39 is 6.23 Å². The Hall–Kier alpha value is -2.28. The molecule has 5 rings (SSSR count). The lowest BCUT2D eigenvalue weighted by atomic mass is 10.0. The number of hydrogen-bond acceptors (Lipinski definition) is 5. The zero-order valence-corrected chi connectivity index (χ0v) is 11.8. The Kier molecular flexibility index (Phi) is 2.31. The van der Waals surface area contributed by atoms with Gasteiger partial charge >= 0.3 is 0 Å². The van der Waals surface area contributed by atoms with Crippen LogP contribution in [0.3, 0.4) is 0 Å². The molecule has 4 aliphatic heterocycles. The molecule has 2 saturated heterocycles. The SMILES string of the molecule is O=C1c2cc3c(cc2OC2CCCN12)C(=O)N1OCCC1O3. The largest absolute Gasteiger partial charge is 0.470 e. The number of fused-ring (bicyclic) bond motifs is 4. The molecule has 2 atom stereocenters. The number of amides is 2. The normalized spacial score (nSPS) is 28.5. The van der Waals surface area contributed by atoms with Crippen molar-refractivity contribution in [3.05, 3.63) is 23.3 Å². The van der Waals surface area contributed by atoms with Gasteiger partial charge in [-0.25, -0.2) is 0 Å². The smallest absolute Gasteiger partial charge is 0.284 e. The second-order valence-electron chi connectivity index (χ2n) is 5.88. The van der Waals surface area contributed by atoms with Crippen molar-refractivity contribution in [2.45, 2.75) is 31.7 Å². The quantitative estimate of drug-likeness (QED) is 0.719. The molecule has 2 unspecified atom stereocenters. The van der Waals surface area contributed by atoms with Crippen LogP contribution in [0.1, 0.15) is 40.0 Å². The highest BCUT2D eigenvalue weighted by Crippen LogP contribution is 2.40. The van der Waals surface area contributed by atoms with Crippen molar-refractivity contribution in [2.24, 2.45) is 0 Å². The molecule has 7 heteroatoms. The molecule has 0 bridgehead atoms. The van der Waals surface area contributed by atoms with Crippen molar-refractivity contribution < 1.29 is 23.9 Å². The van der Waals surface area contributed by atoms with Crippen LogP contribution in [0.4, 0.5) is 0 Å². The van der Waals surface area contributed by atoms with Crippen LogP contribution in [-0.2, 0) is 4.84 Å². The lowest BCUT2D eigenvalue weighted by Crippen LogP contribution is -2.44. The van der Waals surface area contributed by atoms with Gasteiger partial charge in [-0.3, -0.25) is 14.4 Å². The molecule has 0 aromatic heterocycles. The van der Waals surface area contributed by atoms with E-state index in [9.17, 15) is 9.59 Å². The third-order valence-corrected chi connectivity index (χ3v) is 4.58. The predicted molar refractivity (Wildman–Crippen MR) is 72.3 cm³/mol. The van der Waals surface area contributed by atoms with E-state index in [2.05, 4.69) is 0 Å². The Morgan fingerprint density at radius 3 is 2.50 bits per heavy atom. The molecular formula is C15H14N2O5. The van der Waals surface area contributed by atoms with E-state index in [0.29, 0.717) is 42.2 Å². The maximum atomic E-state index is 12.6.